The summed E-state index contributed by atoms with van der Waals surface area (Å²) in [5.74, 6) is 0.806. The largest absolute Gasteiger partial charge is 0.325 e. The highest BCUT2D eigenvalue weighted by Gasteiger charge is 2.32. The molecule has 2 saturated heterocycles. The van der Waals surface area contributed by atoms with E-state index in [9.17, 15) is 4.79 Å². The molecule has 4 nitrogen and oxygen atoms in total. The van der Waals surface area contributed by atoms with E-state index in [-0.39, 0.29) is 18.3 Å². The Morgan fingerprint density at radius 3 is 2.86 bits per heavy atom. The molecule has 0 aromatic heterocycles. The molecule has 0 bridgehead atoms. The molecule has 2 fully saturated rings. The predicted octanol–water partition coefficient (Wildman–Crippen LogP) is 2.49. The van der Waals surface area contributed by atoms with E-state index >= 15 is 0 Å². The van der Waals surface area contributed by atoms with Gasteiger partial charge >= 0.3 is 0 Å². The molecule has 0 radical (unpaired) electrons. The van der Waals surface area contributed by atoms with Crippen molar-refractivity contribution in [2.45, 2.75) is 18.9 Å². The molecule has 2 N–H and O–H groups in total. The van der Waals surface area contributed by atoms with Crippen molar-refractivity contribution in [3.63, 3.8) is 0 Å². The van der Waals surface area contributed by atoms with Gasteiger partial charge in [-0.1, -0.05) is 15.9 Å². The van der Waals surface area contributed by atoms with Crippen LogP contribution in [0.4, 0.5) is 5.69 Å². The lowest BCUT2D eigenvalue weighted by Crippen LogP contribution is -2.46. The Balaban J connectivity index is 0.00000161. The number of likely N-dealkylation sites (tertiary alicyclic amines) is 1. The van der Waals surface area contributed by atoms with E-state index in [2.05, 4.69) is 31.5 Å². The third-order valence-electron chi connectivity index (χ3n) is 4.23. The third-order valence-corrected chi connectivity index (χ3v) is 4.76. The molecule has 6 heteroatoms. The number of hydrogen-bond donors (Lipinski definition) is 2. The van der Waals surface area contributed by atoms with Crippen molar-refractivity contribution < 1.29 is 4.79 Å². The minimum Gasteiger partial charge on any atom is -0.325 e. The number of nitrogens with zero attached hydrogens (tertiary/aromatic N) is 1. The van der Waals surface area contributed by atoms with Gasteiger partial charge in [-0.2, -0.15) is 0 Å². The fourth-order valence-electron chi connectivity index (χ4n) is 3.20. The molecule has 1 amide bonds. The molecule has 21 heavy (non-hydrogen) atoms. The van der Waals surface area contributed by atoms with Crippen molar-refractivity contribution in [2.24, 2.45) is 5.92 Å². The van der Waals surface area contributed by atoms with E-state index in [1.807, 2.05) is 24.3 Å². The van der Waals surface area contributed by atoms with Crippen LogP contribution in [0.2, 0.25) is 0 Å². The molecule has 2 atom stereocenters. The number of benzene rings is 1. The Bertz CT molecular complexity index is 482. The number of anilines is 1. The fraction of sp³-hybridized carbons (Fsp3) is 0.533. The van der Waals surface area contributed by atoms with Crippen LogP contribution in [0.5, 0.6) is 0 Å². The molecule has 2 aliphatic heterocycles. The summed E-state index contributed by atoms with van der Waals surface area (Å²) >= 11 is 3.39. The number of carbonyl (C=O) groups excluding carboxylic acids is 1. The lowest BCUT2D eigenvalue weighted by atomic mass is 9.93. The molecule has 1 aromatic carbocycles. The summed E-state index contributed by atoms with van der Waals surface area (Å²) in [7, 11) is 0. The van der Waals surface area contributed by atoms with Crippen LogP contribution in [0.3, 0.4) is 0 Å². The second-order valence-corrected chi connectivity index (χ2v) is 6.60. The monoisotopic (exact) mass is 373 g/mol. The minimum absolute atomic E-state index is 0. The summed E-state index contributed by atoms with van der Waals surface area (Å²) < 4.78 is 1.02. The first-order valence-electron chi connectivity index (χ1n) is 7.22. The van der Waals surface area contributed by atoms with Gasteiger partial charge in [0.05, 0.1) is 6.54 Å². The normalized spacial score (nSPS) is 25.0. The Kier molecular flexibility index (Phi) is 6.05. The zero-order chi connectivity index (χ0) is 13.9. The Hall–Kier alpha value is -0.620. The number of rotatable bonds is 3. The summed E-state index contributed by atoms with van der Waals surface area (Å²) in [5, 5.41) is 6.50. The smallest absolute Gasteiger partial charge is 0.238 e. The van der Waals surface area contributed by atoms with Crippen LogP contribution in [-0.2, 0) is 4.79 Å². The van der Waals surface area contributed by atoms with E-state index < -0.39 is 0 Å². The Morgan fingerprint density at radius 1 is 1.33 bits per heavy atom. The van der Waals surface area contributed by atoms with Crippen molar-refractivity contribution in [3.8, 4) is 0 Å². The van der Waals surface area contributed by atoms with Gasteiger partial charge in [0, 0.05) is 29.3 Å². The van der Waals surface area contributed by atoms with E-state index in [0.29, 0.717) is 12.6 Å². The van der Waals surface area contributed by atoms with Crippen molar-refractivity contribution in [1.82, 2.24) is 10.2 Å². The van der Waals surface area contributed by atoms with Gasteiger partial charge in [0.25, 0.3) is 0 Å². The highest BCUT2D eigenvalue weighted by Crippen LogP contribution is 2.24. The van der Waals surface area contributed by atoms with Gasteiger partial charge in [0.1, 0.15) is 0 Å². The van der Waals surface area contributed by atoms with Gasteiger partial charge in [-0.05, 0) is 49.6 Å². The topological polar surface area (TPSA) is 44.4 Å². The third kappa shape index (κ3) is 4.42. The molecule has 2 heterocycles. The second kappa shape index (κ2) is 7.58. The molecular weight excluding hydrogens is 354 g/mol. The number of piperidine rings is 1. The maximum atomic E-state index is 12.1. The average Bonchev–Trinajstić information content (AvgIpc) is 2.89. The number of fused-ring (bicyclic) bond motifs is 1. The lowest BCUT2D eigenvalue weighted by Gasteiger charge is -2.34. The second-order valence-electron chi connectivity index (χ2n) is 5.69. The molecule has 3 rings (SSSR count). The summed E-state index contributed by atoms with van der Waals surface area (Å²) in [4.78, 5) is 14.4. The highest BCUT2D eigenvalue weighted by molar-refractivity contribution is 9.10. The van der Waals surface area contributed by atoms with Crippen molar-refractivity contribution >= 4 is 39.9 Å². The Labute approximate surface area is 140 Å². The first-order chi connectivity index (χ1) is 9.70. The van der Waals surface area contributed by atoms with Crippen molar-refractivity contribution in [3.05, 3.63) is 28.7 Å². The van der Waals surface area contributed by atoms with Crippen molar-refractivity contribution in [2.75, 3.05) is 31.5 Å². The number of hydrogen-bond acceptors (Lipinski definition) is 3. The number of amides is 1. The van der Waals surface area contributed by atoms with Gasteiger partial charge in [-0.25, -0.2) is 0 Å². The highest BCUT2D eigenvalue weighted by atomic mass is 79.9. The van der Waals surface area contributed by atoms with E-state index in [1.165, 1.54) is 6.42 Å². The van der Waals surface area contributed by atoms with Crippen LogP contribution < -0.4 is 10.6 Å². The molecule has 0 spiro atoms. The van der Waals surface area contributed by atoms with Gasteiger partial charge in [-0.15, -0.1) is 12.4 Å². The summed E-state index contributed by atoms with van der Waals surface area (Å²) in [6.07, 6.45) is 2.41. The van der Waals surface area contributed by atoms with E-state index in [0.717, 1.165) is 42.1 Å². The van der Waals surface area contributed by atoms with Crippen molar-refractivity contribution in [1.29, 1.82) is 0 Å². The summed E-state index contributed by atoms with van der Waals surface area (Å²) in [6.45, 7) is 3.70. The number of halogens is 2. The molecule has 0 saturated carbocycles. The molecule has 2 unspecified atom stereocenters. The summed E-state index contributed by atoms with van der Waals surface area (Å²) in [6, 6.07) is 8.38. The van der Waals surface area contributed by atoms with Crippen LogP contribution in [-0.4, -0.2) is 43.0 Å². The molecule has 2 aliphatic rings. The van der Waals surface area contributed by atoms with Gasteiger partial charge in [0.15, 0.2) is 0 Å². The maximum Gasteiger partial charge on any atom is 0.238 e. The fourth-order valence-corrected chi connectivity index (χ4v) is 3.47. The standard InChI is InChI=1S/C15H20BrN3O.ClH/c16-12-1-3-13(4-2-12)18-15(20)10-19-8-6-14-11(9-19)5-7-17-14;/h1-4,11,14,17H,5-10H2,(H,18,20);1H. The van der Waals surface area contributed by atoms with Crippen LogP contribution in [0.15, 0.2) is 28.7 Å². The molecule has 116 valence electrons. The number of nitrogens with one attached hydrogen (secondary N) is 2. The van der Waals surface area contributed by atoms with Crippen LogP contribution in [0, 0.1) is 5.92 Å². The van der Waals surface area contributed by atoms with Crippen LogP contribution >= 0.6 is 28.3 Å². The van der Waals surface area contributed by atoms with Gasteiger partial charge in [0.2, 0.25) is 5.91 Å². The lowest BCUT2D eigenvalue weighted by molar-refractivity contribution is -0.117. The quantitative estimate of drug-likeness (QED) is 0.854. The molecule has 1 aromatic rings. The molecule has 0 aliphatic carbocycles. The van der Waals surface area contributed by atoms with Gasteiger partial charge < -0.3 is 10.6 Å². The zero-order valence-corrected chi connectivity index (χ0v) is 14.3. The minimum atomic E-state index is 0. The predicted molar refractivity (Wildman–Crippen MR) is 91.0 cm³/mol. The van der Waals surface area contributed by atoms with Gasteiger partial charge in [-0.3, -0.25) is 9.69 Å². The SMILES string of the molecule is Cl.O=C(CN1CCC2NCCC2C1)Nc1ccc(Br)cc1. The molecular formula is C15H21BrClN3O. The summed E-state index contributed by atoms with van der Waals surface area (Å²) in [5.41, 5.74) is 0.857. The maximum absolute atomic E-state index is 12.1. The first kappa shape index (κ1) is 16.7. The van der Waals surface area contributed by atoms with E-state index in [4.69, 9.17) is 0 Å². The zero-order valence-electron chi connectivity index (χ0n) is 11.8. The average molecular weight is 375 g/mol. The van der Waals surface area contributed by atoms with Crippen LogP contribution in [0.1, 0.15) is 12.8 Å². The first-order valence-corrected chi connectivity index (χ1v) is 8.01. The van der Waals surface area contributed by atoms with E-state index in [1.54, 1.807) is 0 Å². The Morgan fingerprint density at radius 2 is 2.10 bits per heavy atom. The number of carbonyl (C=O) groups is 1. The van der Waals surface area contributed by atoms with Crippen LogP contribution in [0.25, 0.3) is 0 Å².